The van der Waals surface area contributed by atoms with Crippen LogP contribution in [0.5, 0.6) is 0 Å². The molecule has 0 aromatic heterocycles. The quantitative estimate of drug-likeness (QED) is 0.519. The molecule has 0 aromatic rings. The lowest BCUT2D eigenvalue weighted by Gasteiger charge is -2.37. The molecule has 0 aliphatic heterocycles. The molecule has 0 fully saturated rings. The molecule has 0 radical (unpaired) electrons. The molecule has 15 heavy (non-hydrogen) atoms. The summed E-state index contributed by atoms with van der Waals surface area (Å²) in [6.07, 6.45) is 12.0. The lowest BCUT2D eigenvalue weighted by Crippen LogP contribution is -2.32. The third kappa shape index (κ3) is 3.42. The summed E-state index contributed by atoms with van der Waals surface area (Å²) >= 11 is 0. The maximum atomic E-state index is 6.15. The normalized spacial score (nSPS) is 26.7. The van der Waals surface area contributed by atoms with E-state index in [1.165, 1.54) is 6.42 Å². The minimum atomic E-state index is -1.50. The second-order valence-electron chi connectivity index (χ2n) is 5.62. The molecular weight excluding hydrogens is 200 g/mol. The second-order valence-corrected chi connectivity index (χ2v) is 10.0. The molecule has 0 saturated heterocycles. The fraction of sp³-hybridized carbons (Fsp3) is 0.692. The molecule has 1 aliphatic carbocycles. The molecule has 0 saturated carbocycles. The van der Waals surface area contributed by atoms with Crippen LogP contribution in [0.3, 0.4) is 0 Å². The van der Waals surface area contributed by atoms with Gasteiger partial charge in [-0.3, -0.25) is 0 Å². The van der Waals surface area contributed by atoms with Gasteiger partial charge in [-0.25, -0.2) is 0 Å². The summed E-state index contributed by atoms with van der Waals surface area (Å²) in [5.74, 6) is 3.95. The van der Waals surface area contributed by atoms with Crippen LogP contribution in [-0.4, -0.2) is 8.32 Å². The average molecular weight is 222 g/mol. The third-order valence-electron chi connectivity index (χ3n) is 2.77. The summed E-state index contributed by atoms with van der Waals surface area (Å²) < 4.78 is 6.15. The molecule has 0 aromatic carbocycles. The van der Waals surface area contributed by atoms with Crippen molar-refractivity contribution in [3.05, 3.63) is 11.8 Å². The number of hydrogen-bond donors (Lipinski definition) is 0. The van der Waals surface area contributed by atoms with Gasteiger partial charge in [0.2, 0.25) is 8.32 Å². The van der Waals surface area contributed by atoms with Crippen molar-refractivity contribution in [2.24, 2.45) is 5.41 Å². The number of terminal acetylenes is 1. The lowest BCUT2D eigenvalue weighted by molar-refractivity contribution is 0.220. The smallest absolute Gasteiger partial charge is 0.241 e. The van der Waals surface area contributed by atoms with Gasteiger partial charge in [0.15, 0.2) is 0 Å². The van der Waals surface area contributed by atoms with Crippen molar-refractivity contribution >= 4 is 8.32 Å². The van der Waals surface area contributed by atoms with E-state index >= 15 is 0 Å². The van der Waals surface area contributed by atoms with E-state index in [4.69, 9.17) is 10.8 Å². The average Bonchev–Trinajstić information content (AvgIpc) is 2.07. The van der Waals surface area contributed by atoms with E-state index in [0.29, 0.717) is 0 Å². The molecule has 0 bridgehead atoms. The highest BCUT2D eigenvalue weighted by Crippen LogP contribution is 2.41. The van der Waals surface area contributed by atoms with Crippen LogP contribution in [0.25, 0.3) is 0 Å². The Morgan fingerprint density at radius 1 is 1.53 bits per heavy atom. The summed E-state index contributed by atoms with van der Waals surface area (Å²) in [6, 6.07) is 0. The van der Waals surface area contributed by atoms with Gasteiger partial charge in [-0.2, -0.15) is 0 Å². The Morgan fingerprint density at radius 3 is 2.73 bits per heavy atom. The first-order chi connectivity index (χ1) is 6.87. The van der Waals surface area contributed by atoms with E-state index in [0.717, 1.165) is 25.0 Å². The molecule has 0 spiro atoms. The van der Waals surface area contributed by atoms with Gasteiger partial charge < -0.3 is 4.43 Å². The van der Waals surface area contributed by atoms with Crippen LogP contribution in [0.15, 0.2) is 11.8 Å². The van der Waals surface area contributed by atoms with Crippen molar-refractivity contribution in [3.8, 4) is 12.3 Å². The summed E-state index contributed by atoms with van der Waals surface area (Å²) in [7, 11) is -1.50. The molecule has 84 valence electrons. The Labute approximate surface area is 95.0 Å². The number of hydrogen-bond acceptors (Lipinski definition) is 1. The molecule has 0 N–H and O–H groups in total. The van der Waals surface area contributed by atoms with Gasteiger partial charge in [-0.05, 0) is 45.0 Å². The topological polar surface area (TPSA) is 9.23 Å². The Balaban J connectivity index is 2.83. The summed E-state index contributed by atoms with van der Waals surface area (Å²) in [5, 5.41) is 0. The zero-order valence-corrected chi connectivity index (χ0v) is 11.4. The van der Waals surface area contributed by atoms with Gasteiger partial charge in [0.1, 0.15) is 0 Å². The molecule has 1 rings (SSSR count). The minimum Gasteiger partial charge on any atom is -0.547 e. The molecule has 1 unspecified atom stereocenters. The molecule has 0 heterocycles. The van der Waals surface area contributed by atoms with E-state index in [1.54, 1.807) is 0 Å². The second kappa shape index (κ2) is 4.45. The van der Waals surface area contributed by atoms with Crippen molar-refractivity contribution < 1.29 is 4.43 Å². The Hall–Kier alpha value is -0.683. The standard InChI is InChI=1S/C13H22OSi/c1-6-10-13(2)11-8-7-9-12(13)14-15(3,4)5/h1,9H,7-8,10-11H2,2-5H3. The number of allylic oxidation sites excluding steroid dienone is 2. The van der Waals surface area contributed by atoms with Crippen LogP contribution in [-0.2, 0) is 4.43 Å². The van der Waals surface area contributed by atoms with Crippen molar-refractivity contribution in [3.63, 3.8) is 0 Å². The highest BCUT2D eigenvalue weighted by atomic mass is 28.4. The third-order valence-corrected chi connectivity index (χ3v) is 3.60. The van der Waals surface area contributed by atoms with E-state index in [-0.39, 0.29) is 5.41 Å². The first-order valence-electron chi connectivity index (χ1n) is 5.70. The Kier molecular flexibility index (Phi) is 3.67. The predicted molar refractivity (Wildman–Crippen MR) is 67.9 cm³/mol. The zero-order valence-electron chi connectivity index (χ0n) is 10.4. The van der Waals surface area contributed by atoms with Crippen LogP contribution < -0.4 is 0 Å². The fourth-order valence-electron chi connectivity index (χ4n) is 1.99. The number of rotatable bonds is 3. The highest BCUT2D eigenvalue weighted by molar-refractivity contribution is 6.70. The fourth-order valence-corrected chi connectivity index (χ4v) is 2.98. The van der Waals surface area contributed by atoms with Crippen molar-refractivity contribution in [2.75, 3.05) is 0 Å². The highest BCUT2D eigenvalue weighted by Gasteiger charge is 2.34. The van der Waals surface area contributed by atoms with Crippen LogP contribution in [0.4, 0.5) is 0 Å². The van der Waals surface area contributed by atoms with Crippen molar-refractivity contribution in [2.45, 2.75) is 52.2 Å². The summed E-state index contributed by atoms with van der Waals surface area (Å²) in [6.45, 7) is 8.90. The van der Waals surface area contributed by atoms with Crippen molar-refractivity contribution in [1.82, 2.24) is 0 Å². The minimum absolute atomic E-state index is 0.0906. The van der Waals surface area contributed by atoms with Gasteiger partial charge >= 0.3 is 0 Å². The molecule has 1 aliphatic rings. The SMILES string of the molecule is C#CCC1(C)CCCC=C1O[Si](C)(C)C. The monoisotopic (exact) mass is 222 g/mol. The molecule has 1 atom stereocenters. The lowest BCUT2D eigenvalue weighted by atomic mass is 9.77. The van der Waals surface area contributed by atoms with Gasteiger partial charge in [0, 0.05) is 11.8 Å². The molecule has 1 nitrogen and oxygen atoms in total. The largest absolute Gasteiger partial charge is 0.547 e. The summed E-state index contributed by atoms with van der Waals surface area (Å²) in [4.78, 5) is 0. The van der Waals surface area contributed by atoms with E-state index < -0.39 is 8.32 Å². The molecule has 0 amide bonds. The van der Waals surface area contributed by atoms with E-state index in [2.05, 4.69) is 38.6 Å². The summed E-state index contributed by atoms with van der Waals surface area (Å²) in [5.41, 5.74) is 0.0906. The maximum absolute atomic E-state index is 6.15. The first kappa shape index (κ1) is 12.4. The maximum Gasteiger partial charge on any atom is 0.241 e. The van der Waals surface area contributed by atoms with Crippen LogP contribution in [0.1, 0.15) is 32.6 Å². The van der Waals surface area contributed by atoms with Crippen LogP contribution >= 0.6 is 0 Å². The van der Waals surface area contributed by atoms with Crippen LogP contribution in [0.2, 0.25) is 19.6 Å². The first-order valence-corrected chi connectivity index (χ1v) is 9.11. The van der Waals surface area contributed by atoms with E-state index in [9.17, 15) is 0 Å². The van der Waals surface area contributed by atoms with Gasteiger partial charge in [-0.1, -0.05) is 6.92 Å². The zero-order chi connectivity index (χ0) is 11.5. The van der Waals surface area contributed by atoms with Crippen LogP contribution in [0, 0.1) is 17.8 Å². The van der Waals surface area contributed by atoms with E-state index in [1.807, 2.05) is 0 Å². The molecular formula is C13H22OSi. The van der Waals surface area contributed by atoms with Gasteiger partial charge in [0.05, 0.1) is 5.76 Å². The van der Waals surface area contributed by atoms with Gasteiger partial charge in [-0.15, -0.1) is 12.3 Å². The predicted octanol–water partition coefficient (Wildman–Crippen LogP) is 3.94. The van der Waals surface area contributed by atoms with Gasteiger partial charge in [0.25, 0.3) is 0 Å². The Morgan fingerprint density at radius 2 is 2.20 bits per heavy atom. The Bertz CT molecular complexity index is 293. The molecule has 2 heteroatoms. The van der Waals surface area contributed by atoms with Crippen molar-refractivity contribution in [1.29, 1.82) is 0 Å².